The first-order valence-electron chi connectivity index (χ1n) is 9.78. The molecule has 0 saturated heterocycles. The Balaban J connectivity index is 1.37. The number of hydrogen-bond donors (Lipinski definition) is 1. The van der Waals surface area contributed by atoms with Crippen LogP contribution in [0.5, 0.6) is 0 Å². The van der Waals surface area contributed by atoms with Crippen LogP contribution >= 0.6 is 22.9 Å². The van der Waals surface area contributed by atoms with Crippen molar-refractivity contribution < 1.29 is 17.6 Å². The molecule has 0 saturated carbocycles. The van der Waals surface area contributed by atoms with E-state index in [2.05, 4.69) is 10.3 Å². The summed E-state index contributed by atoms with van der Waals surface area (Å²) in [7, 11) is -3.91. The van der Waals surface area contributed by atoms with E-state index < -0.39 is 15.7 Å². The van der Waals surface area contributed by atoms with Crippen LogP contribution in [0.25, 0.3) is 20.8 Å². The van der Waals surface area contributed by atoms with Gasteiger partial charge in [-0.2, -0.15) is 0 Å². The first-order valence-corrected chi connectivity index (χ1v) is 12.5. The van der Waals surface area contributed by atoms with Gasteiger partial charge in [0.1, 0.15) is 5.01 Å². The Bertz CT molecular complexity index is 1560. The van der Waals surface area contributed by atoms with E-state index in [1.165, 1.54) is 36.4 Å². The third-order valence-corrected chi connectivity index (χ3v) is 7.83. The number of fused-ring (bicyclic) bond motifs is 1. The number of para-hydroxylation sites is 1. The van der Waals surface area contributed by atoms with Gasteiger partial charge in [-0.25, -0.2) is 13.4 Å². The Morgan fingerprint density at radius 3 is 2.52 bits per heavy atom. The number of rotatable bonds is 5. The molecule has 1 amide bonds. The Hall–Kier alpha value is -3.46. The van der Waals surface area contributed by atoms with Crippen molar-refractivity contribution in [2.75, 3.05) is 5.32 Å². The lowest BCUT2D eigenvalue weighted by Crippen LogP contribution is -2.11. The second-order valence-electron chi connectivity index (χ2n) is 7.10. The highest BCUT2D eigenvalue weighted by Gasteiger charge is 2.23. The summed E-state index contributed by atoms with van der Waals surface area (Å²) in [5, 5.41) is 3.68. The Morgan fingerprint density at radius 2 is 1.73 bits per heavy atom. The molecule has 1 N–H and O–H groups in total. The lowest BCUT2D eigenvalue weighted by molar-refractivity contribution is 0.0991. The molecule has 9 heteroatoms. The molecule has 0 radical (unpaired) electrons. The van der Waals surface area contributed by atoms with Gasteiger partial charge < -0.3 is 9.73 Å². The molecule has 6 nitrogen and oxygen atoms in total. The number of benzene rings is 3. The van der Waals surface area contributed by atoms with Crippen LogP contribution in [0.3, 0.4) is 0 Å². The van der Waals surface area contributed by atoms with Crippen LogP contribution in [0.1, 0.15) is 10.6 Å². The van der Waals surface area contributed by atoms with Gasteiger partial charge in [0, 0.05) is 16.3 Å². The molecule has 5 aromatic rings. The van der Waals surface area contributed by atoms with Crippen molar-refractivity contribution in [2.45, 2.75) is 9.99 Å². The average Bonchev–Trinajstić information content (AvgIpc) is 3.48. The SMILES string of the molecule is O=C(Nc1cccc(-c2nc3ccccc3s2)c1)c1ccc(S(=O)(=O)c2ccc(Cl)cc2)o1. The topological polar surface area (TPSA) is 89.3 Å². The van der Waals surface area contributed by atoms with Gasteiger partial charge in [0.05, 0.1) is 15.1 Å². The Morgan fingerprint density at radius 1 is 0.939 bits per heavy atom. The summed E-state index contributed by atoms with van der Waals surface area (Å²) >= 11 is 7.39. The van der Waals surface area contributed by atoms with Crippen LogP contribution in [-0.4, -0.2) is 19.3 Å². The number of nitrogens with one attached hydrogen (secondary N) is 1. The summed E-state index contributed by atoms with van der Waals surface area (Å²) in [4.78, 5) is 17.4. The van der Waals surface area contributed by atoms with E-state index in [0.29, 0.717) is 10.7 Å². The highest BCUT2D eigenvalue weighted by Crippen LogP contribution is 2.31. The molecular formula is C24H15ClN2O4S2. The molecule has 0 aliphatic heterocycles. The van der Waals surface area contributed by atoms with Crippen molar-refractivity contribution in [3.05, 3.63) is 95.7 Å². The van der Waals surface area contributed by atoms with Crippen LogP contribution in [0.15, 0.2) is 99.3 Å². The minimum atomic E-state index is -3.91. The third-order valence-electron chi connectivity index (χ3n) is 4.86. The van der Waals surface area contributed by atoms with Crippen molar-refractivity contribution in [3.8, 4) is 10.6 Å². The van der Waals surface area contributed by atoms with Gasteiger partial charge in [0.2, 0.25) is 14.9 Å². The summed E-state index contributed by atoms with van der Waals surface area (Å²) in [6.45, 7) is 0. The molecule has 5 rings (SSSR count). The maximum absolute atomic E-state index is 12.7. The molecule has 0 aliphatic carbocycles. The van der Waals surface area contributed by atoms with Crippen molar-refractivity contribution in [1.82, 2.24) is 4.98 Å². The molecule has 0 atom stereocenters. The van der Waals surface area contributed by atoms with Gasteiger partial charge in [-0.3, -0.25) is 4.79 Å². The van der Waals surface area contributed by atoms with Crippen molar-refractivity contribution in [2.24, 2.45) is 0 Å². The van der Waals surface area contributed by atoms with Crippen LogP contribution in [0, 0.1) is 0 Å². The van der Waals surface area contributed by atoms with E-state index in [9.17, 15) is 13.2 Å². The maximum atomic E-state index is 12.7. The largest absolute Gasteiger partial charge is 0.439 e. The van der Waals surface area contributed by atoms with Crippen LogP contribution in [-0.2, 0) is 9.84 Å². The average molecular weight is 495 g/mol. The molecule has 2 heterocycles. The van der Waals surface area contributed by atoms with Crippen molar-refractivity contribution >= 4 is 54.6 Å². The fourth-order valence-electron chi connectivity index (χ4n) is 3.23. The maximum Gasteiger partial charge on any atom is 0.291 e. The van der Waals surface area contributed by atoms with E-state index in [1.807, 2.05) is 42.5 Å². The lowest BCUT2D eigenvalue weighted by Gasteiger charge is -2.05. The highest BCUT2D eigenvalue weighted by molar-refractivity contribution is 7.91. The summed E-state index contributed by atoms with van der Waals surface area (Å²) in [6, 6.07) is 23.4. The fourth-order valence-corrected chi connectivity index (χ4v) is 5.50. The zero-order valence-electron chi connectivity index (χ0n) is 16.9. The minimum Gasteiger partial charge on any atom is -0.439 e. The number of carbonyl (C=O) groups excluding carboxylic acids is 1. The third kappa shape index (κ3) is 4.28. The molecule has 0 unspecified atom stereocenters. The summed E-state index contributed by atoms with van der Waals surface area (Å²) in [6.07, 6.45) is 0. The van der Waals surface area contributed by atoms with Crippen LogP contribution in [0.4, 0.5) is 5.69 Å². The number of amides is 1. The number of sulfone groups is 1. The van der Waals surface area contributed by atoms with Crippen molar-refractivity contribution in [1.29, 1.82) is 0 Å². The lowest BCUT2D eigenvalue weighted by atomic mass is 10.2. The monoisotopic (exact) mass is 494 g/mol. The van der Waals surface area contributed by atoms with Gasteiger partial charge in [-0.05, 0) is 60.7 Å². The molecule has 0 fully saturated rings. The molecule has 3 aromatic carbocycles. The second-order valence-corrected chi connectivity index (χ2v) is 10.4. The predicted molar refractivity (Wildman–Crippen MR) is 129 cm³/mol. The second kappa shape index (κ2) is 8.47. The highest BCUT2D eigenvalue weighted by atomic mass is 35.5. The number of thiazole rings is 1. The molecular weight excluding hydrogens is 480 g/mol. The summed E-state index contributed by atoms with van der Waals surface area (Å²) in [5.41, 5.74) is 2.31. The minimum absolute atomic E-state index is 0.0248. The molecule has 0 aliphatic rings. The number of carbonyl (C=O) groups is 1. The summed E-state index contributed by atoms with van der Waals surface area (Å²) < 4.78 is 31.9. The number of halogens is 1. The number of furan rings is 1. The molecule has 33 heavy (non-hydrogen) atoms. The molecule has 2 aromatic heterocycles. The standard InChI is InChI=1S/C24H15ClN2O4S2/c25-16-8-10-18(11-9-16)33(29,30)22-13-12-20(31-22)23(28)26-17-5-3-4-15(14-17)24-27-19-6-1-2-7-21(19)32-24/h1-14H,(H,26,28). The zero-order valence-corrected chi connectivity index (χ0v) is 19.2. The van der Waals surface area contributed by atoms with Crippen LogP contribution < -0.4 is 5.32 Å². The van der Waals surface area contributed by atoms with Crippen molar-refractivity contribution in [3.63, 3.8) is 0 Å². The first kappa shape index (κ1) is 21.4. The number of nitrogens with zero attached hydrogens (tertiary/aromatic N) is 1. The van der Waals surface area contributed by atoms with E-state index in [4.69, 9.17) is 16.0 Å². The molecule has 0 spiro atoms. The first-order chi connectivity index (χ1) is 15.9. The molecule has 0 bridgehead atoms. The summed E-state index contributed by atoms with van der Waals surface area (Å²) in [5.74, 6) is -0.679. The van der Waals surface area contributed by atoms with Crippen LogP contribution in [0.2, 0.25) is 5.02 Å². The normalized spacial score (nSPS) is 11.5. The number of hydrogen-bond acceptors (Lipinski definition) is 6. The predicted octanol–water partition coefficient (Wildman–Crippen LogP) is 6.29. The van der Waals surface area contributed by atoms with Gasteiger partial charge >= 0.3 is 0 Å². The number of anilines is 1. The van der Waals surface area contributed by atoms with Gasteiger partial charge in [0.25, 0.3) is 5.91 Å². The zero-order chi connectivity index (χ0) is 23.0. The molecule has 164 valence electrons. The smallest absolute Gasteiger partial charge is 0.291 e. The Labute approximate surface area is 198 Å². The Kier molecular flexibility index (Phi) is 5.49. The van der Waals surface area contributed by atoms with E-state index in [0.717, 1.165) is 20.8 Å². The van der Waals surface area contributed by atoms with E-state index in [1.54, 1.807) is 17.4 Å². The van der Waals surface area contributed by atoms with E-state index >= 15 is 0 Å². The number of aromatic nitrogens is 1. The van der Waals surface area contributed by atoms with E-state index in [-0.39, 0.29) is 15.7 Å². The quantitative estimate of drug-likeness (QED) is 0.310. The van der Waals surface area contributed by atoms with Gasteiger partial charge in [-0.1, -0.05) is 35.9 Å². The van der Waals surface area contributed by atoms with Gasteiger partial charge in [0.15, 0.2) is 5.76 Å². The van der Waals surface area contributed by atoms with Gasteiger partial charge in [-0.15, -0.1) is 11.3 Å². The fraction of sp³-hybridized carbons (Fsp3) is 0.